The van der Waals surface area contributed by atoms with Crippen molar-refractivity contribution < 1.29 is 9.47 Å². The fraction of sp³-hybridized carbons (Fsp3) is 0.231. The minimum Gasteiger partial charge on any atom is -0.450 e. The normalized spacial score (nSPS) is 13.6. The van der Waals surface area contributed by atoms with Crippen molar-refractivity contribution in [1.29, 1.82) is 0 Å². The van der Waals surface area contributed by atoms with E-state index in [2.05, 4.69) is 62.4 Å². The van der Waals surface area contributed by atoms with Crippen LogP contribution in [0.4, 0.5) is 0 Å². The van der Waals surface area contributed by atoms with Crippen molar-refractivity contribution >= 4 is 6.08 Å². The van der Waals surface area contributed by atoms with Crippen LogP contribution in [0.5, 0.6) is 23.0 Å². The van der Waals surface area contributed by atoms with Crippen molar-refractivity contribution in [1.82, 2.24) is 0 Å². The number of para-hydroxylation sites is 2. The second-order valence-corrected chi connectivity index (χ2v) is 6.95. The van der Waals surface area contributed by atoms with Gasteiger partial charge in [0.15, 0.2) is 23.0 Å². The Labute approximate surface area is 168 Å². The third-order valence-corrected chi connectivity index (χ3v) is 4.69. The van der Waals surface area contributed by atoms with Crippen LogP contribution in [0.2, 0.25) is 0 Å². The maximum Gasteiger partial charge on any atom is 0.173 e. The Kier molecular flexibility index (Phi) is 6.91. The van der Waals surface area contributed by atoms with Crippen molar-refractivity contribution in [2.75, 3.05) is 0 Å². The number of allylic oxidation sites excluding steroid dienone is 7. The summed E-state index contributed by atoms with van der Waals surface area (Å²) < 4.78 is 12.1. The molecule has 1 aliphatic rings. The predicted octanol–water partition coefficient (Wildman–Crippen LogP) is 8.16. The van der Waals surface area contributed by atoms with E-state index >= 15 is 0 Å². The Hall–Kier alpha value is -3.00. The minimum absolute atomic E-state index is 0.764. The van der Waals surface area contributed by atoms with Crippen LogP contribution in [0.3, 0.4) is 0 Å². The number of fused-ring (bicyclic) bond motifs is 2. The predicted molar refractivity (Wildman–Crippen MR) is 118 cm³/mol. The Morgan fingerprint density at radius 2 is 1.64 bits per heavy atom. The molecule has 0 saturated heterocycles. The molecule has 0 saturated carbocycles. The van der Waals surface area contributed by atoms with Gasteiger partial charge < -0.3 is 9.47 Å². The largest absolute Gasteiger partial charge is 0.450 e. The van der Waals surface area contributed by atoms with Gasteiger partial charge in [0, 0.05) is 5.56 Å². The molecule has 0 N–H and O–H groups in total. The van der Waals surface area contributed by atoms with Crippen LogP contribution in [-0.4, -0.2) is 0 Å². The second kappa shape index (κ2) is 9.80. The van der Waals surface area contributed by atoms with E-state index in [9.17, 15) is 0 Å². The minimum atomic E-state index is 0.764. The highest BCUT2D eigenvalue weighted by Crippen LogP contribution is 2.47. The van der Waals surface area contributed by atoms with E-state index in [0.29, 0.717) is 0 Å². The molecule has 0 bridgehead atoms. The first-order valence-electron chi connectivity index (χ1n) is 9.87. The Morgan fingerprint density at radius 1 is 0.893 bits per heavy atom. The summed E-state index contributed by atoms with van der Waals surface area (Å²) in [5, 5.41) is 0. The van der Waals surface area contributed by atoms with Gasteiger partial charge in [-0.3, -0.25) is 0 Å². The zero-order valence-corrected chi connectivity index (χ0v) is 16.9. The van der Waals surface area contributed by atoms with E-state index < -0.39 is 0 Å². The van der Waals surface area contributed by atoms with Gasteiger partial charge >= 0.3 is 0 Å². The molecule has 0 atom stereocenters. The van der Waals surface area contributed by atoms with Gasteiger partial charge in [0.2, 0.25) is 0 Å². The third kappa shape index (κ3) is 5.04. The van der Waals surface area contributed by atoms with Crippen LogP contribution in [0.15, 0.2) is 78.4 Å². The van der Waals surface area contributed by atoms with E-state index in [1.807, 2.05) is 37.3 Å². The molecule has 28 heavy (non-hydrogen) atoms. The van der Waals surface area contributed by atoms with E-state index in [1.165, 1.54) is 11.1 Å². The van der Waals surface area contributed by atoms with Crippen LogP contribution >= 0.6 is 0 Å². The molecule has 2 heteroatoms. The molecule has 1 heterocycles. The van der Waals surface area contributed by atoms with Crippen LogP contribution in [-0.2, 0) is 0 Å². The quantitative estimate of drug-likeness (QED) is 0.308. The van der Waals surface area contributed by atoms with Gasteiger partial charge in [0.1, 0.15) is 0 Å². The fourth-order valence-electron chi connectivity index (χ4n) is 3.09. The highest BCUT2D eigenvalue weighted by atomic mass is 16.6. The van der Waals surface area contributed by atoms with Crippen LogP contribution in [0.25, 0.3) is 6.08 Å². The van der Waals surface area contributed by atoms with Crippen molar-refractivity contribution in [3.05, 3.63) is 89.6 Å². The highest BCUT2D eigenvalue weighted by molar-refractivity contribution is 5.66. The van der Waals surface area contributed by atoms with Crippen molar-refractivity contribution in [3.63, 3.8) is 0 Å². The van der Waals surface area contributed by atoms with Crippen LogP contribution < -0.4 is 9.47 Å². The summed E-state index contributed by atoms with van der Waals surface area (Å²) in [6.07, 6.45) is 18.1. The third-order valence-electron chi connectivity index (χ3n) is 4.69. The maximum absolute atomic E-state index is 6.11. The number of hydrogen-bond donors (Lipinski definition) is 0. The molecule has 0 fully saturated rings. The molecule has 0 amide bonds. The van der Waals surface area contributed by atoms with Crippen LogP contribution in [0.1, 0.15) is 44.2 Å². The van der Waals surface area contributed by atoms with Gasteiger partial charge in [0.25, 0.3) is 0 Å². The molecule has 144 valence electrons. The summed E-state index contributed by atoms with van der Waals surface area (Å²) >= 11 is 0. The van der Waals surface area contributed by atoms with Crippen molar-refractivity contribution in [2.24, 2.45) is 0 Å². The average Bonchev–Trinajstić information content (AvgIpc) is 2.71. The molecule has 1 aliphatic heterocycles. The fourth-order valence-corrected chi connectivity index (χ4v) is 3.09. The zero-order valence-electron chi connectivity index (χ0n) is 16.9. The smallest absolute Gasteiger partial charge is 0.173 e. The highest BCUT2D eigenvalue weighted by Gasteiger charge is 2.21. The molecular formula is C26H28O2. The molecule has 0 spiro atoms. The summed E-state index contributed by atoms with van der Waals surface area (Å²) in [6, 6.07) is 11.9. The standard InChI is InChI=1S/C26H28O2/c1-4-5-6-7-8-9-10-11-14-20(2)19-22-17-18-25-26(21(22)3)28-24-16-13-12-15-23(24)27-25/h4-5,7-10,12-13,15-19H,6,11,14H2,1-3H3/b5-4-,8-7-,10-9-,20-19+. The summed E-state index contributed by atoms with van der Waals surface area (Å²) in [6.45, 7) is 6.31. The van der Waals surface area contributed by atoms with Gasteiger partial charge in [0.05, 0.1) is 0 Å². The second-order valence-electron chi connectivity index (χ2n) is 6.95. The summed E-state index contributed by atoms with van der Waals surface area (Å²) in [5.41, 5.74) is 3.63. The van der Waals surface area contributed by atoms with E-state index in [-0.39, 0.29) is 0 Å². The van der Waals surface area contributed by atoms with Crippen molar-refractivity contribution in [2.45, 2.75) is 40.0 Å². The van der Waals surface area contributed by atoms with Gasteiger partial charge in [-0.15, -0.1) is 0 Å². The van der Waals surface area contributed by atoms with Crippen molar-refractivity contribution in [3.8, 4) is 23.0 Å². The molecule has 0 radical (unpaired) electrons. The van der Waals surface area contributed by atoms with E-state index in [0.717, 1.165) is 47.8 Å². The lowest BCUT2D eigenvalue weighted by Gasteiger charge is -2.22. The molecule has 2 nitrogen and oxygen atoms in total. The maximum atomic E-state index is 6.11. The lowest BCUT2D eigenvalue weighted by atomic mass is 10.0. The molecule has 2 aromatic rings. The van der Waals surface area contributed by atoms with Gasteiger partial charge in [-0.25, -0.2) is 0 Å². The summed E-state index contributed by atoms with van der Waals surface area (Å²) in [4.78, 5) is 0. The number of rotatable bonds is 7. The van der Waals surface area contributed by atoms with Gasteiger partial charge in [-0.05, 0) is 63.8 Å². The summed E-state index contributed by atoms with van der Waals surface area (Å²) in [5.74, 6) is 3.12. The molecular weight excluding hydrogens is 344 g/mol. The number of benzene rings is 2. The van der Waals surface area contributed by atoms with E-state index in [1.54, 1.807) is 0 Å². The molecule has 0 unspecified atom stereocenters. The Morgan fingerprint density at radius 3 is 2.43 bits per heavy atom. The lowest BCUT2D eigenvalue weighted by Crippen LogP contribution is -2.01. The number of hydrogen-bond acceptors (Lipinski definition) is 2. The first-order chi connectivity index (χ1) is 13.7. The SMILES string of the molecule is C/C=C\C/C=C\C=C/CC/C(C)=C/c1ccc2c(c1C)Oc1ccccc1O2. The summed E-state index contributed by atoms with van der Waals surface area (Å²) in [7, 11) is 0. The van der Waals surface area contributed by atoms with E-state index in [4.69, 9.17) is 9.47 Å². The molecule has 0 aromatic heterocycles. The van der Waals surface area contributed by atoms with Gasteiger partial charge in [-0.2, -0.15) is 0 Å². The monoisotopic (exact) mass is 372 g/mol. The lowest BCUT2D eigenvalue weighted by molar-refractivity contribution is 0.357. The molecule has 2 aromatic carbocycles. The molecule has 3 rings (SSSR count). The zero-order chi connectivity index (χ0) is 19.8. The first-order valence-corrected chi connectivity index (χ1v) is 9.87. The Bertz CT molecular complexity index is 929. The van der Waals surface area contributed by atoms with Crippen LogP contribution in [0, 0.1) is 6.92 Å². The molecule has 0 aliphatic carbocycles. The van der Waals surface area contributed by atoms with Gasteiger partial charge in [-0.1, -0.05) is 66.3 Å². The topological polar surface area (TPSA) is 18.5 Å². The first kappa shape index (κ1) is 19.8. The number of ether oxygens (including phenoxy) is 2. The Balaban J connectivity index is 1.63. The average molecular weight is 373 g/mol.